The van der Waals surface area contributed by atoms with E-state index in [1.807, 2.05) is 71.0 Å². The maximum Gasteiger partial charge on any atom is 0.244 e. The molecule has 1 atom stereocenters. The van der Waals surface area contributed by atoms with E-state index >= 15 is 0 Å². The van der Waals surface area contributed by atoms with Gasteiger partial charge in [0.25, 0.3) is 0 Å². The molecule has 0 radical (unpaired) electrons. The average Bonchev–Trinajstić information content (AvgIpc) is 2.86. The summed E-state index contributed by atoms with van der Waals surface area (Å²) < 4.78 is 27.0. The number of carbonyl (C=O) groups is 2. The number of sulfonamides is 1. The average molecular weight is 619 g/mol. The van der Waals surface area contributed by atoms with Crippen molar-refractivity contribution in [3.05, 3.63) is 99.0 Å². The molecular formula is C31H37Cl2N3O4S. The van der Waals surface area contributed by atoms with Crippen LogP contribution in [0, 0.1) is 13.8 Å². The van der Waals surface area contributed by atoms with Gasteiger partial charge in [-0.15, -0.1) is 0 Å². The Morgan fingerprint density at radius 1 is 0.902 bits per heavy atom. The second-order valence-electron chi connectivity index (χ2n) is 11.2. The molecule has 2 amide bonds. The van der Waals surface area contributed by atoms with Crippen LogP contribution in [0.15, 0.2) is 66.7 Å². The van der Waals surface area contributed by atoms with Gasteiger partial charge in [-0.2, -0.15) is 0 Å². The van der Waals surface area contributed by atoms with Crippen molar-refractivity contribution >= 4 is 50.7 Å². The number of hydrogen-bond donors (Lipinski definition) is 1. The molecular weight excluding hydrogens is 581 g/mol. The van der Waals surface area contributed by atoms with E-state index in [4.69, 9.17) is 23.2 Å². The first kappa shape index (κ1) is 32.4. The predicted octanol–water partition coefficient (Wildman–Crippen LogP) is 5.93. The fourth-order valence-electron chi connectivity index (χ4n) is 4.36. The number of carbonyl (C=O) groups excluding carboxylic acids is 2. The molecule has 220 valence electrons. The topological polar surface area (TPSA) is 86.8 Å². The van der Waals surface area contributed by atoms with Crippen LogP contribution >= 0.6 is 23.2 Å². The molecule has 0 aromatic heterocycles. The lowest BCUT2D eigenvalue weighted by Crippen LogP contribution is -2.56. The summed E-state index contributed by atoms with van der Waals surface area (Å²) >= 11 is 13.0. The summed E-state index contributed by atoms with van der Waals surface area (Å²) in [6.07, 6.45) is 1.25. The molecule has 0 unspecified atom stereocenters. The van der Waals surface area contributed by atoms with Crippen LogP contribution in [0.1, 0.15) is 43.0 Å². The summed E-state index contributed by atoms with van der Waals surface area (Å²) in [5, 5.41) is 3.65. The van der Waals surface area contributed by atoms with Crippen LogP contribution in [0.3, 0.4) is 0 Å². The second-order valence-corrected chi connectivity index (χ2v) is 13.9. The zero-order valence-electron chi connectivity index (χ0n) is 24.2. The largest absolute Gasteiger partial charge is 0.350 e. The van der Waals surface area contributed by atoms with E-state index in [-0.39, 0.29) is 18.9 Å². The quantitative estimate of drug-likeness (QED) is 0.305. The van der Waals surface area contributed by atoms with Gasteiger partial charge < -0.3 is 10.2 Å². The molecule has 0 heterocycles. The Hall–Kier alpha value is -3.07. The lowest BCUT2D eigenvalue weighted by Gasteiger charge is -2.35. The van der Waals surface area contributed by atoms with Gasteiger partial charge in [0, 0.05) is 34.1 Å². The molecule has 0 aliphatic carbocycles. The highest BCUT2D eigenvalue weighted by Crippen LogP contribution is 2.28. The SMILES string of the molecule is Cc1ccc(N(CC(=O)N(Cc2c(Cl)cccc2Cl)[C@H](Cc2ccccc2)C(=O)NC(C)(C)C)S(C)(=O)=O)cc1C. The smallest absolute Gasteiger partial charge is 0.244 e. The molecule has 0 saturated carbocycles. The van der Waals surface area contributed by atoms with Crippen molar-refractivity contribution in [2.24, 2.45) is 0 Å². The van der Waals surface area contributed by atoms with Gasteiger partial charge in [0.2, 0.25) is 21.8 Å². The van der Waals surface area contributed by atoms with Crippen LogP contribution in [-0.4, -0.2) is 49.5 Å². The Morgan fingerprint density at radius 3 is 2.05 bits per heavy atom. The molecule has 0 aliphatic rings. The van der Waals surface area contributed by atoms with Gasteiger partial charge in [-0.1, -0.05) is 65.7 Å². The Bertz CT molecular complexity index is 1490. The van der Waals surface area contributed by atoms with Crippen molar-refractivity contribution in [1.82, 2.24) is 10.2 Å². The standard InChI is InChI=1S/C31H37Cl2N3O4S/c1-21-15-16-24(17-22(21)2)36(41(6,39)40)20-29(37)35(19-25-26(32)13-10-14-27(25)33)28(30(38)34-31(3,4)5)18-23-11-8-7-9-12-23/h7-17,28H,18-20H2,1-6H3,(H,34,38)/t28-/m1/s1. The first-order chi connectivity index (χ1) is 19.1. The first-order valence-electron chi connectivity index (χ1n) is 13.2. The van der Waals surface area contributed by atoms with Gasteiger partial charge in [-0.3, -0.25) is 13.9 Å². The van der Waals surface area contributed by atoms with Crippen molar-refractivity contribution in [3.63, 3.8) is 0 Å². The highest BCUT2D eigenvalue weighted by molar-refractivity contribution is 7.92. The van der Waals surface area contributed by atoms with Crippen LogP contribution < -0.4 is 9.62 Å². The number of rotatable bonds is 10. The number of aryl methyl sites for hydroxylation is 2. The third-order valence-corrected chi connectivity index (χ3v) is 8.47. The number of anilines is 1. The molecule has 0 fully saturated rings. The molecule has 41 heavy (non-hydrogen) atoms. The van der Waals surface area contributed by atoms with Crippen molar-refractivity contribution in [3.8, 4) is 0 Å². The third-order valence-electron chi connectivity index (χ3n) is 6.62. The van der Waals surface area contributed by atoms with E-state index in [9.17, 15) is 18.0 Å². The van der Waals surface area contributed by atoms with E-state index in [1.165, 1.54) is 4.90 Å². The minimum absolute atomic E-state index is 0.100. The van der Waals surface area contributed by atoms with Gasteiger partial charge in [-0.05, 0) is 75.6 Å². The Kier molecular flexibility index (Phi) is 10.5. The molecule has 7 nitrogen and oxygen atoms in total. The normalized spacial score (nSPS) is 12.5. The molecule has 3 rings (SSSR count). The van der Waals surface area contributed by atoms with Gasteiger partial charge in [0.1, 0.15) is 12.6 Å². The number of halogens is 2. The maximum absolute atomic E-state index is 14.2. The summed E-state index contributed by atoms with van der Waals surface area (Å²) in [6.45, 7) is 8.74. The minimum Gasteiger partial charge on any atom is -0.350 e. The molecule has 0 saturated heterocycles. The minimum atomic E-state index is -3.87. The van der Waals surface area contributed by atoms with Crippen molar-refractivity contribution in [2.45, 2.75) is 59.2 Å². The Morgan fingerprint density at radius 2 is 1.51 bits per heavy atom. The lowest BCUT2D eigenvalue weighted by molar-refractivity contribution is -0.140. The highest BCUT2D eigenvalue weighted by atomic mass is 35.5. The van der Waals surface area contributed by atoms with Crippen molar-refractivity contribution in [2.75, 3.05) is 17.1 Å². The predicted molar refractivity (Wildman–Crippen MR) is 167 cm³/mol. The summed E-state index contributed by atoms with van der Waals surface area (Å²) in [7, 11) is -3.87. The first-order valence-corrected chi connectivity index (χ1v) is 15.8. The van der Waals surface area contributed by atoms with E-state index in [1.54, 1.807) is 30.3 Å². The number of nitrogens with one attached hydrogen (secondary N) is 1. The van der Waals surface area contributed by atoms with E-state index in [2.05, 4.69) is 5.32 Å². The molecule has 0 bridgehead atoms. The monoisotopic (exact) mass is 617 g/mol. The van der Waals surface area contributed by atoms with E-state index < -0.39 is 34.1 Å². The summed E-state index contributed by atoms with van der Waals surface area (Å²) in [6, 6.07) is 18.6. The van der Waals surface area contributed by atoms with Crippen LogP contribution in [0.2, 0.25) is 10.0 Å². The lowest BCUT2D eigenvalue weighted by atomic mass is 10.0. The van der Waals surface area contributed by atoms with Crippen LogP contribution in [0.4, 0.5) is 5.69 Å². The summed E-state index contributed by atoms with van der Waals surface area (Å²) in [4.78, 5) is 29.4. The fourth-order valence-corrected chi connectivity index (χ4v) is 5.71. The molecule has 0 spiro atoms. The molecule has 1 N–H and O–H groups in total. The summed E-state index contributed by atoms with van der Waals surface area (Å²) in [5.41, 5.74) is 2.95. The van der Waals surface area contributed by atoms with Gasteiger partial charge >= 0.3 is 0 Å². The number of benzene rings is 3. The zero-order valence-corrected chi connectivity index (χ0v) is 26.6. The fraction of sp³-hybridized carbons (Fsp3) is 0.355. The second kappa shape index (κ2) is 13.3. The Balaban J connectivity index is 2.13. The van der Waals surface area contributed by atoms with Gasteiger partial charge in [0.15, 0.2) is 0 Å². The zero-order chi connectivity index (χ0) is 30.5. The van der Waals surface area contributed by atoms with Crippen LogP contribution in [0.5, 0.6) is 0 Å². The van der Waals surface area contributed by atoms with Gasteiger partial charge in [0.05, 0.1) is 11.9 Å². The summed E-state index contributed by atoms with van der Waals surface area (Å²) in [5.74, 6) is -0.954. The van der Waals surface area contributed by atoms with Gasteiger partial charge in [-0.25, -0.2) is 8.42 Å². The maximum atomic E-state index is 14.2. The number of nitrogens with zero attached hydrogens (tertiary/aromatic N) is 2. The molecule has 3 aromatic carbocycles. The highest BCUT2D eigenvalue weighted by Gasteiger charge is 2.35. The molecule has 3 aromatic rings. The number of amides is 2. The molecule has 10 heteroatoms. The van der Waals surface area contributed by atoms with Crippen molar-refractivity contribution in [1.29, 1.82) is 0 Å². The number of hydrogen-bond acceptors (Lipinski definition) is 4. The van der Waals surface area contributed by atoms with E-state index in [0.29, 0.717) is 21.3 Å². The van der Waals surface area contributed by atoms with Crippen molar-refractivity contribution < 1.29 is 18.0 Å². The third kappa shape index (κ3) is 8.96. The van der Waals surface area contributed by atoms with Crippen LogP contribution in [0.25, 0.3) is 0 Å². The molecule has 0 aliphatic heterocycles. The Labute approximate surface area is 253 Å². The van der Waals surface area contributed by atoms with Crippen LogP contribution in [-0.2, 0) is 32.6 Å². The van der Waals surface area contributed by atoms with E-state index in [0.717, 1.165) is 27.3 Å².